The van der Waals surface area contributed by atoms with E-state index in [9.17, 15) is 4.79 Å². The van der Waals surface area contributed by atoms with Gasteiger partial charge in [-0.2, -0.15) is 0 Å². The molecule has 2 aliphatic rings. The molecule has 1 saturated carbocycles. The number of rotatable bonds is 2. The van der Waals surface area contributed by atoms with Gasteiger partial charge in [0.1, 0.15) is 6.61 Å². The molecular formula is C16H19NO2. The lowest BCUT2D eigenvalue weighted by Crippen LogP contribution is -2.30. The van der Waals surface area contributed by atoms with Crippen LogP contribution in [0.1, 0.15) is 18.4 Å². The van der Waals surface area contributed by atoms with Gasteiger partial charge in [0, 0.05) is 13.1 Å². The van der Waals surface area contributed by atoms with Gasteiger partial charge in [0.2, 0.25) is 0 Å². The molecular weight excluding hydrogens is 238 g/mol. The van der Waals surface area contributed by atoms with Crippen molar-refractivity contribution >= 4 is 6.09 Å². The molecule has 0 unspecified atom stereocenters. The van der Waals surface area contributed by atoms with Crippen molar-refractivity contribution in [2.45, 2.75) is 19.4 Å². The van der Waals surface area contributed by atoms with Crippen LogP contribution in [-0.4, -0.2) is 24.1 Å². The van der Waals surface area contributed by atoms with Gasteiger partial charge < -0.3 is 9.64 Å². The Hall–Kier alpha value is -1.77. The minimum atomic E-state index is -0.177. The number of amides is 1. The monoisotopic (exact) mass is 257 g/mol. The average Bonchev–Trinajstić information content (AvgIpc) is 2.94. The molecule has 0 radical (unpaired) electrons. The van der Waals surface area contributed by atoms with Crippen LogP contribution in [0, 0.1) is 11.8 Å². The second-order valence-corrected chi connectivity index (χ2v) is 5.62. The number of fused-ring (bicyclic) bond motifs is 1. The molecule has 0 bridgehead atoms. The summed E-state index contributed by atoms with van der Waals surface area (Å²) in [5.74, 6) is 1.22. The van der Waals surface area contributed by atoms with E-state index in [0.717, 1.165) is 31.5 Å². The van der Waals surface area contributed by atoms with Crippen molar-refractivity contribution in [3.63, 3.8) is 0 Å². The van der Waals surface area contributed by atoms with Crippen LogP contribution in [0.4, 0.5) is 4.79 Å². The number of benzene rings is 1. The zero-order valence-corrected chi connectivity index (χ0v) is 11.0. The smallest absolute Gasteiger partial charge is 0.410 e. The van der Waals surface area contributed by atoms with Crippen molar-refractivity contribution in [3.8, 4) is 0 Å². The number of likely N-dealkylation sites (tertiary alicyclic amines) is 1. The van der Waals surface area contributed by atoms with Gasteiger partial charge >= 0.3 is 6.09 Å². The molecule has 100 valence electrons. The van der Waals surface area contributed by atoms with E-state index < -0.39 is 0 Å². The number of hydrogen-bond acceptors (Lipinski definition) is 2. The lowest BCUT2D eigenvalue weighted by molar-refractivity contribution is 0.102. The fraction of sp³-hybridized carbons (Fsp3) is 0.438. The number of ether oxygens (including phenoxy) is 1. The molecule has 1 aromatic carbocycles. The molecule has 2 fully saturated rings. The van der Waals surface area contributed by atoms with Crippen LogP contribution in [0.3, 0.4) is 0 Å². The zero-order chi connectivity index (χ0) is 13.2. The molecule has 19 heavy (non-hydrogen) atoms. The molecule has 1 heterocycles. The first-order valence-corrected chi connectivity index (χ1v) is 6.84. The topological polar surface area (TPSA) is 29.5 Å². The maximum atomic E-state index is 12.0. The summed E-state index contributed by atoms with van der Waals surface area (Å²) in [5, 5.41) is 0. The van der Waals surface area contributed by atoms with Crippen molar-refractivity contribution in [2.75, 3.05) is 13.1 Å². The van der Waals surface area contributed by atoms with Crippen LogP contribution in [0.25, 0.3) is 0 Å². The van der Waals surface area contributed by atoms with Crippen molar-refractivity contribution in [1.82, 2.24) is 4.90 Å². The highest BCUT2D eigenvalue weighted by Crippen LogP contribution is 2.40. The van der Waals surface area contributed by atoms with Gasteiger partial charge in [0.15, 0.2) is 0 Å². The minimum Gasteiger partial charge on any atom is -0.445 e. The summed E-state index contributed by atoms with van der Waals surface area (Å²) in [4.78, 5) is 13.9. The summed E-state index contributed by atoms with van der Waals surface area (Å²) in [7, 11) is 0. The molecule has 1 aromatic rings. The molecule has 3 heteroatoms. The Morgan fingerprint density at radius 1 is 1.21 bits per heavy atom. The first-order chi connectivity index (χ1) is 9.22. The number of carbonyl (C=O) groups excluding carboxylic acids is 1. The lowest BCUT2D eigenvalue weighted by Gasteiger charge is -2.17. The first kappa shape index (κ1) is 12.3. The Morgan fingerprint density at radius 3 is 2.47 bits per heavy atom. The highest BCUT2D eigenvalue weighted by molar-refractivity contribution is 5.68. The van der Waals surface area contributed by atoms with Crippen LogP contribution >= 0.6 is 0 Å². The van der Waals surface area contributed by atoms with E-state index in [2.05, 4.69) is 6.58 Å². The number of hydrogen-bond donors (Lipinski definition) is 0. The highest BCUT2D eigenvalue weighted by atomic mass is 16.6. The molecule has 0 aromatic heterocycles. The molecule has 0 N–H and O–H groups in total. The number of carbonyl (C=O) groups is 1. The third-order valence-corrected chi connectivity index (χ3v) is 4.14. The predicted molar refractivity (Wildman–Crippen MR) is 73.6 cm³/mol. The predicted octanol–water partition coefficient (Wildman–Crippen LogP) is 3.22. The zero-order valence-electron chi connectivity index (χ0n) is 11.0. The highest BCUT2D eigenvalue weighted by Gasteiger charge is 2.40. The third-order valence-electron chi connectivity index (χ3n) is 4.14. The molecule has 3 rings (SSSR count). The van der Waals surface area contributed by atoms with Crippen molar-refractivity contribution in [1.29, 1.82) is 0 Å². The third kappa shape index (κ3) is 2.65. The van der Waals surface area contributed by atoms with Crippen molar-refractivity contribution < 1.29 is 9.53 Å². The second-order valence-electron chi connectivity index (χ2n) is 5.62. The van der Waals surface area contributed by atoms with Gasteiger partial charge in [-0.05, 0) is 30.2 Å². The van der Waals surface area contributed by atoms with Gasteiger partial charge in [-0.3, -0.25) is 0 Å². The van der Waals surface area contributed by atoms with Crippen LogP contribution < -0.4 is 0 Å². The summed E-state index contributed by atoms with van der Waals surface area (Å²) in [5.41, 5.74) is 2.37. The van der Waals surface area contributed by atoms with Crippen molar-refractivity contribution in [3.05, 3.63) is 48.0 Å². The van der Waals surface area contributed by atoms with Gasteiger partial charge in [-0.15, -0.1) is 0 Å². The Bertz CT molecular complexity index is 467. The molecule has 1 aliphatic carbocycles. The van der Waals surface area contributed by atoms with Gasteiger partial charge in [0.25, 0.3) is 0 Å². The van der Waals surface area contributed by atoms with E-state index in [0.29, 0.717) is 18.4 Å². The molecule has 2 atom stereocenters. The summed E-state index contributed by atoms with van der Waals surface area (Å²) < 4.78 is 5.37. The van der Waals surface area contributed by atoms with E-state index in [4.69, 9.17) is 4.74 Å². The van der Waals surface area contributed by atoms with E-state index >= 15 is 0 Å². The van der Waals surface area contributed by atoms with Crippen molar-refractivity contribution in [2.24, 2.45) is 11.8 Å². The van der Waals surface area contributed by atoms with Crippen LogP contribution in [0.15, 0.2) is 42.5 Å². The largest absolute Gasteiger partial charge is 0.445 e. The van der Waals surface area contributed by atoms with Gasteiger partial charge in [0.05, 0.1) is 0 Å². The summed E-state index contributed by atoms with van der Waals surface area (Å²) in [6.07, 6.45) is 1.98. The molecule has 1 amide bonds. The second kappa shape index (κ2) is 5.08. The lowest BCUT2D eigenvalue weighted by atomic mass is 10.0. The molecule has 1 saturated heterocycles. The Labute approximate surface area is 113 Å². The summed E-state index contributed by atoms with van der Waals surface area (Å²) >= 11 is 0. The fourth-order valence-electron chi connectivity index (χ4n) is 3.19. The quantitative estimate of drug-likeness (QED) is 0.761. The van der Waals surface area contributed by atoms with Gasteiger partial charge in [-0.1, -0.05) is 42.5 Å². The maximum Gasteiger partial charge on any atom is 0.410 e. The van der Waals surface area contributed by atoms with E-state index in [-0.39, 0.29) is 6.09 Å². The van der Waals surface area contributed by atoms with Crippen LogP contribution in [0.5, 0.6) is 0 Å². The fourth-order valence-corrected chi connectivity index (χ4v) is 3.19. The SMILES string of the molecule is C=C1C[C@@H]2CN(C(=O)OCc3ccccc3)C[C@@H]2C1. The Morgan fingerprint density at radius 2 is 1.84 bits per heavy atom. The normalized spacial score (nSPS) is 25.5. The average molecular weight is 257 g/mol. The summed E-state index contributed by atoms with van der Waals surface area (Å²) in [6.45, 7) is 6.07. The van der Waals surface area contributed by atoms with Crippen LogP contribution in [-0.2, 0) is 11.3 Å². The van der Waals surface area contributed by atoms with E-state index in [1.807, 2.05) is 35.2 Å². The van der Waals surface area contributed by atoms with Gasteiger partial charge in [-0.25, -0.2) is 4.79 Å². The minimum absolute atomic E-state index is 0.177. The molecule has 1 aliphatic heterocycles. The number of nitrogens with zero attached hydrogens (tertiary/aromatic N) is 1. The summed E-state index contributed by atoms with van der Waals surface area (Å²) in [6, 6.07) is 9.80. The first-order valence-electron chi connectivity index (χ1n) is 6.84. The van der Waals surface area contributed by atoms with E-state index in [1.54, 1.807) is 0 Å². The Kier molecular flexibility index (Phi) is 3.28. The Balaban J connectivity index is 1.51. The molecule has 3 nitrogen and oxygen atoms in total. The standard InChI is InChI=1S/C16H19NO2/c1-12-7-14-9-17(10-15(14)8-12)16(18)19-11-13-5-3-2-4-6-13/h2-6,14-15H,1,7-11H2/t14-,15+. The van der Waals surface area contributed by atoms with Crippen LogP contribution in [0.2, 0.25) is 0 Å². The number of allylic oxidation sites excluding steroid dienone is 1. The van der Waals surface area contributed by atoms with E-state index in [1.165, 1.54) is 5.57 Å². The molecule has 0 spiro atoms. The maximum absolute atomic E-state index is 12.0.